The van der Waals surface area contributed by atoms with Gasteiger partial charge in [-0.2, -0.15) is 0 Å². The molecule has 1 atom stereocenters. The first kappa shape index (κ1) is 20.8. The Hall–Kier alpha value is -2.51. The zero-order valence-corrected chi connectivity index (χ0v) is 17.7. The molecule has 0 radical (unpaired) electrons. The fourth-order valence-electron chi connectivity index (χ4n) is 3.57. The lowest BCUT2D eigenvalue weighted by atomic mass is 10.2. The first-order chi connectivity index (χ1) is 14.7. The van der Waals surface area contributed by atoms with Crippen LogP contribution in [0, 0.1) is 0 Å². The van der Waals surface area contributed by atoms with Crippen LogP contribution in [0.15, 0.2) is 53.4 Å². The molecule has 0 spiro atoms. The molecule has 7 heteroatoms. The van der Waals surface area contributed by atoms with E-state index in [0.717, 1.165) is 41.3 Å². The Kier molecular flexibility index (Phi) is 6.92. The molecule has 6 nitrogen and oxygen atoms in total. The van der Waals surface area contributed by atoms with E-state index in [2.05, 4.69) is 5.32 Å². The van der Waals surface area contributed by atoms with E-state index in [0.29, 0.717) is 25.4 Å². The summed E-state index contributed by atoms with van der Waals surface area (Å²) in [5.74, 6) is 1.20. The van der Waals surface area contributed by atoms with E-state index in [9.17, 15) is 9.59 Å². The second kappa shape index (κ2) is 10.00. The van der Waals surface area contributed by atoms with Crippen LogP contribution < -0.4 is 15.0 Å². The Labute approximate surface area is 180 Å². The number of benzene rings is 2. The molecular formula is C23H26N2O4S. The minimum Gasteiger partial charge on any atom is -0.491 e. The summed E-state index contributed by atoms with van der Waals surface area (Å²) in [6.45, 7) is 2.24. The number of hydrogen-bond donors (Lipinski definition) is 1. The predicted octanol–water partition coefficient (Wildman–Crippen LogP) is 3.39. The summed E-state index contributed by atoms with van der Waals surface area (Å²) in [6, 6.07) is 15.5. The maximum atomic E-state index is 12.3. The fraction of sp³-hybridized carbons (Fsp3) is 0.391. The van der Waals surface area contributed by atoms with Crippen molar-refractivity contribution < 1.29 is 19.1 Å². The number of para-hydroxylation sites is 1. The van der Waals surface area contributed by atoms with Crippen LogP contribution in [0.1, 0.15) is 24.8 Å². The number of carbonyl (C=O) groups is 2. The van der Waals surface area contributed by atoms with Gasteiger partial charge in [-0.05, 0) is 42.7 Å². The smallest absolute Gasteiger partial charge is 0.237 e. The molecule has 0 aromatic heterocycles. The van der Waals surface area contributed by atoms with Gasteiger partial charge in [0.2, 0.25) is 11.8 Å². The van der Waals surface area contributed by atoms with E-state index < -0.39 is 0 Å². The van der Waals surface area contributed by atoms with Gasteiger partial charge in [0.15, 0.2) is 0 Å². The zero-order valence-electron chi connectivity index (χ0n) is 16.8. The summed E-state index contributed by atoms with van der Waals surface area (Å²) in [5, 5.41) is 2.93. The number of fused-ring (bicyclic) bond motifs is 1. The molecule has 1 N–H and O–H groups in total. The van der Waals surface area contributed by atoms with Gasteiger partial charge in [-0.25, -0.2) is 0 Å². The number of nitrogens with one attached hydrogen (secondary N) is 1. The molecule has 2 aliphatic heterocycles. The first-order valence-electron chi connectivity index (χ1n) is 10.3. The van der Waals surface area contributed by atoms with Crippen molar-refractivity contribution in [3.8, 4) is 5.75 Å². The number of rotatable bonds is 8. The van der Waals surface area contributed by atoms with Gasteiger partial charge in [0.05, 0.1) is 17.5 Å². The highest BCUT2D eigenvalue weighted by atomic mass is 32.2. The molecule has 2 aromatic rings. The second-order valence-electron chi connectivity index (χ2n) is 7.42. The quantitative estimate of drug-likeness (QED) is 0.701. The molecule has 1 fully saturated rings. The average Bonchev–Trinajstić information content (AvgIpc) is 3.30. The number of amides is 2. The number of nitrogens with zero attached hydrogens (tertiary/aromatic N) is 1. The van der Waals surface area contributed by atoms with Crippen LogP contribution in [0.5, 0.6) is 5.75 Å². The lowest BCUT2D eigenvalue weighted by Crippen LogP contribution is -2.38. The van der Waals surface area contributed by atoms with Gasteiger partial charge in [-0.15, -0.1) is 11.8 Å². The van der Waals surface area contributed by atoms with Crippen LogP contribution in [0.4, 0.5) is 5.69 Å². The van der Waals surface area contributed by atoms with Crippen LogP contribution in [0.3, 0.4) is 0 Å². The van der Waals surface area contributed by atoms with E-state index in [1.165, 1.54) is 0 Å². The van der Waals surface area contributed by atoms with E-state index in [-0.39, 0.29) is 24.3 Å². The van der Waals surface area contributed by atoms with Gasteiger partial charge >= 0.3 is 0 Å². The van der Waals surface area contributed by atoms with Crippen molar-refractivity contribution in [3.05, 3.63) is 54.1 Å². The van der Waals surface area contributed by atoms with E-state index in [1.54, 1.807) is 16.7 Å². The number of hydrogen-bond acceptors (Lipinski definition) is 5. The summed E-state index contributed by atoms with van der Waals surface area (Å²) in [4.78, 5) is 27.4. The maximum Gasteiger partial charge on any atom is 0.237 e. The van der Waals surface area contributed by atoms with Crippen LogP contribution in [0.25, 0.3) is 0 Å². The Morgan fingerprint density at radius 2 is 2.03 bits per heavy atom. The number of thioether (sulfide) groups is 1. The van der Waals surface area contributed by atoms with Crippen LogP contribution >= 0.6 is 11.8 Å². The molecule has 158 valence electrons. The summed E-state index contributed by atoms with van der Waals surface area (Å²) in [7, 11) is 0. The minimum atomic E-state index is -0.0720. The van der Waals surface area contributed by atoms with Crippen molar-refractivity contribution in [2.75, 3.05) is 30.4 Å². The summed E-state index contributed by atoms with van der Waals surface area (Å²) in [6.07, 6.45) is 2.62. The largest absolute Gasteiger partial charge is 0.491 e. The highest BCUT2D eigenvalue weighted by Crippen LogP contribution is 2.34. The van der Waals surface area contributed by atoms with Crippen molar-refractivity contribution in [1.82, 2.24) is 5.32 Å². The molecule has 0 bridgehead atoms. The lowest BCUT2D eigenvalue weighted by molar-refractivity contribution is -0.121. The highest BCUT2D eigenvalue weighted by Gasteiger charge is 2.24. The summed E-state index contributed by atoms with van der Waals surface area (Å²) >= 11 is 1.54. The molecule has 1 saturated heterocycles. The molecule has 2 amide bonds. The predicted molar refractivity (Wildman–Crippen MR) is 117 cm³/mol. The highest BCUT2D eigenvalue weighted by molar-refractivity contribution is 8.00. The Morgan fingerprint density at radius 3 is 2.83 bits per heavy atom. The molecule has 0 aliphatic carbocycles. The SMILES string of the molecule is O=C(CCN1C(=O)CSc2ccccc21)NCc1ccc(OCC2CCCO2)cc1. The van der Waals surface area contributed by atoms with Crippen LogP contribution in [0.2, 0.25) is 0 Å². The van der Waals surface area contributed by atoms with E-state index in [4.69, 9.17) is 9.47 Å². The molecule has 2 heterocycles. The van der Waals surface area contributed by atoms with E-state index >= 15 is 0 Å². The fourth-order valence-corrected chi connectivity index (χ4v) is 4.51. The summed E-state index contributed by atoms with van der Waals surface area (Å²) < 4.78 is 11.3. The minimum absolute atomic E-state index is 0.0464. The van der Waals surface area contributed by atoms with Gasteiger partial charge < -0.3 is 19.7 Å². The average molecular weight is 427 g/mol. The third kappa shape index (κ3) is 5.34. The van der Waals surface area contributed by atoms with E-state index in [1.807, 2.05) is 48.5 Å². The second-order valence-corrected chi connectivity index (χ2v) is 8.44. The van der Waals surface area contributed by atoms with Crippen molar-refractivity contribution in [2.45, 2.75) is 36.8 Å². The van der Waals surface area contributed by atoms with Crippen LogP contribution in [-0.4, -0.2) is 43.4 Å². The first-order valence-corrected chi connectivity index (χ1v) is 11.3. The topological polar surface area (TPSA) is 67.9 Å². The molecular weight excluding hydrogens is 400 g/mol. The van der Waals surface area contributed by atoms with Gasteiger partial charge in [0, 0.05) is 31.0 Å². The molecule has 0 saturated carbocycles. The molecule has 1 unspecified atom stereocenters. The van der Waals surface area contributed by atoms with Crippen molar-refractivity contribution in [3.63, 3.8) is 0 Å². The zero-order chi connectivity index (χ0) is 20.8. The normalized spacial score (nSPS) is 18.2. The standard InChI is InChI=1S/C23H26N2O4S/c26-22(11-12-25-20-5-1-2-6-21(20)30-16-23(25)27)24-14-17-7-9-18(10-8-17)29-15-19-4-3-13-28-19/h1-2,5-10,19H,3-4,11-16H2,(H,24,26). The van der Waals surface area contributed by atoms with Crippen molar-refractivity contribution >= 4 is 29.3 Å². The Balaban J connectivity index is 1.22. The molecule has 4 rings (SSSR count). The third-order valence-electron chi connectivity index (χ3n) is 5.24. The maximum absolute atomic E-state index is 12.3. The van der Waals surface area contributed by atoms with Gasteiger partial charge in [-0.1, -0.05) is 24.3 Å². The van der Waals surface area contributed by atoms with Crippen molar-refractivity contribution in [1.29, 1.82) is 0 Å². The lowest BCUT2D eigenvalue weighted by Gasteiger charge is -2.28. The molecule has 2 aromatic carbocycles. The van der Waals surface area contributed by atoms with Gasteiger partial charge in [0.25, 0.3) is 0 Å². The Morgan fingerprint density at radius 1 is 1.20 bits per heavy atom. The molecule has 2 aliphatic rings. The van der Waals surface area contributed by atoms with Crippen LogP contribution in [-0.2, 0) is 20.9 Å². The third-order valence-corrected chi connectivity index (χ3v) is 6.29. The van der Waals surface area contributed by atoms with Crippen molar-refractivity contribution in [2.24, 2.45) is 0 Å². The Bertz CT molecular complexity index is 881. The monoisotopic (exact) mass is 426 g/mol. The number of anilines is 1. The molecule has 30 heavy (non-hydrogen) atoms. The number of ether oxygens (including phenoxy) is 2. The van der Waals surface area contributed by atoms with Gasteiger partial charge in [-0.3, -0.25) is 9.59 Å². The number of carbonyl (C=O) groups excluding carboxylic acids is 2. The van der Waals surface area contributed by atoms with Gasteiger partial charge in [0.1, 0.15) is 12.4 Å². The summed E-state index contributed by atoms with van der Waals surface area (Å²) in [5.41, 5.74) is 1.90.